The van der Waals surface area contributed by atoms with Crippen LogP contribution in [0.2, 0.25) is 0 Å². The van der Waals surface area contributed by atoms with Gasteiger partial charge >= 0.3 is 6.03 Å². The molecule has 3 aromatic carbocycles. The Kier molecular flexibility index (Phi) is 7.07. The van der Waals surface area contributed by atoms with E-state index >= 15 is 0 Å². The molecular weight excluding hydrogens is 522 g/mol. The molecule has 6 nitrogen and oxygen atoms in total. The molecule has 3 aromatic rings. The number of anilines is 1. The normalized spacial score (nSPS) is 14.9. The molecule has 0 spiro atoms. The van der Waals surface area contributed by atoms with Gasteiger partial charge in [-0.15, -0.1) is 0 Å². The van der Waals surface area contributed by atoms with Gasteiger partial charge in [0.1, 0.15) is 23.0 Å². The van der Waals surface area contributed by atoms with Crippen LogP contribution in [0.5, 0.6) is 5.75 Å². The number of rotatable bonds is 6. The molecule has 0 unspecified atom stereocenters. The summed E-state index contributed by atoms with van der Waals surface area (Å²) < 4.78 is 34.8. The number of benzene rings is 3. The number of carbonyl (C=O) groups is 3. The summed E-state index contributed by atoms with van der Waals surface area (Å²) in [6, 6.07) is 13.9. The highest BCUT2D eigenvalue weighted by molar-refractivity contribution is 9.10. The van der Waals surface area contributed by atoms with Gasteiger partial charge in [-0.2, -0.15) is 0 Å². The number of nitrogens with one attached hydrogen (secondary N) is 1. The fraction of sp³-hybridized carbons (Fsp3) is 0.115. The maximum absolute atomic E-state index is 14.3. The van der Waals surface area contributed by atoms with Gasteiger partial charge < -0.3 is 4.74 Å². The Labute approximate surface area is 208 Å². The molecule has 35 heavy (non-hydrogen) atoms. The van der Waals surface area contributed by atoms with Gasteiger partial charge in [-0.3, -0.25) is 14.9 Å². The minimum Gasteiger partial charge on any atom is -0.494 e. The lowest BCUT2D eigenvalue weighted by Crippen LogP contribution is -2.54. The lowest BCUT2D eigenvalue weighted by atomic mass is 10.00. The van der Waals surface area contributed by atoms with E-state index in [0.717, 1.165) is 6.07 Å². The Morgan fingerprint density at radius 1 is 1.00 bits per heavy atom. The Bertz CT molecular complexity index is 1370. The Hall–Kier alpha value is -3.85. The van der Waals surface area contributed by atoms with Gasteiger partial charge in [-0.25, -0.2) is 18.5 Å². The molecule has 0 atom stereocenters. The first-order chi connectivity index (χ1) is 16.8. The van der Waals surface area contributed by atoms with Crippen LogP contribution in [0.25, 0.3) is 6.08 Å². The summed E-state index contributed by atoms with van der Waals surface area (Å²) in [6.45, 7) is 2.12. The van der Waals surface area contributed by atoms with Crippen molar-refractivity contribution < 1.29 is 27.9 Å². The third kappa shape index (κ3) is 5.00. The summed E-state index contributed by atoms with van der Waals surface area (Å²) in [5.74, 6) is -2.58. The number of hydrogen-bond donors (Lipinski definition) is 1. The molecular formula is C26H19BrF2N2O4. The summed E-state index contributed by atoms with van der Waals surface area (Å²) in [7, 11) is 0. The van der Waals surface area contributed by atoms with Crippen molar-refractivity contribution in [1.29, 1.82) is 0 Å². The standard InChI is InChI=1S/C26H19BrF2N2O4/c1-2-35-23-13-15(12-19(27)17(23)14-16-7-3-4-8-20(16)28)11-18-24(32)30-26(34)31(25(18)33)22-10-6-5-9-21(22)29/h3-13H,2,14H2,1H3,(H,30,32,34)/b18-11-. The van der Waals surface area contributed by atoms with Crippen molar-refractivity contribution in [2.75, 3.05) is 11.5 Å². The molecule has 9 heteroatoms. The molecule has 1 aliphatic rings. The van der Waals surface area contributed by atoms with Gasteiger partial charge in [0.2, 0.25) is 0 Å². The van der Waals surface area contributed by atoms with Crippen LogP contribution in [-0.2, 0) is 16.0 Å². The molecule has 178 valence electrons. The highest BCUT2D eigenvalue weighted by atomic mass is 79.9. The van der Waals surface area contributed by atoms with Crippen molar-refractivity contribution in [3.8, 4) is 5.75 Å². The Morgan fingerprint density at radius 3 is 2.37 bits per heavy atom. The molecule has 4 amide bonds. The minimum atomic E-state index is -1.04. The van der Waals surface area contributed by atoms with Gasteiger partial charge in [-0.1, -0.05) is 46.3 Å². The first-order valence-electron chi connectivity index (χ1n) is 10.6. The van der Waals surface area contributed by atoms with Gasteiger partial charge in [0.05, 0.1) is 12.3 Å². The number of para-hydroxylation sites is 1. The van der Waals surface area contributed by atoms with Crippen LogP contribution in [0.3, 0.4) is 0 Å². The van der Waals surface area contributed by atoms with Crippen molar-refractivity contribution in [2.45, 2.75) is 13.3 Å². The van der Waals surface area contributed by atoms with E-state index in [1.807, 2.05) is 0 Å². The number of ether oxygens (including phenoxy) is 1. The maximum Gasteiger partial charge on any atom is 0.336 e. The van der Waals surface area contributed by atoms with E-state index in [1.165, 1.54) is 30.3 Å². The van der Waals surface area contributed by atoms with Crippen molar-refractivity contribution in [3.05, 3.63) is 99.0 Å². The van der Waals surface area contributed by atoms with Gasteiger partial charge in [0, 0.05) is 16.5 Å². The smallest absolute Gasteiger partial charge is 0.336 e. The zero-order chi connectivity index (χ0) is 25.1. The zero-order valence-electron chi connectivity index (χ0n) is 18.5. The van der Waals surface area contributed by atoms with Crippen LogP contribution in [-0.4, -0.2) is 24.5 Å². The number of hydrogen-bond acceptors (Lipinski definition) is 4. The van der Waals surface area contributed by atoms with Gasteiger partial charge in [-0.05, 0) is 54.5 Å². The largest absolute Gasteiger partial charge is 0.494 e. The number of urea groups is 1. The summed E-state index contributed by atoms with van der Waals surface area (Å²) in [5.41, 5.74) is 0.940. The van der Waals surface area contributed by atoms with Gasteiger partial charge in [0.25, 0.3) is 11.8 Å². The van der Waals surface area contributed by atoms with E-state index in [4.69, 9.17) is 4.74 Å². The quantitative estimate of drug-likeness (QED) is 0.336. The van der Waals surface area contributed by atoms with Gasteiger partial charge in [0.15, 0.2) is 0 Å². The van der Waals surface area contributed by atoms with Crippen LogP contribution in [0.15, 0.2) is 70.7 Å². The molecule has 1 saturated heterocycles. The first-order valence-corrected chi connectivity index (χ1v) is 11.4. The van der Waals surface area contributed by atoms with Crippen LogP contribution < -0.4 is 15.0 Å². The summed E-state index contributed by atoms with van der Waals surface area (Å²) in [5, 5.41) is 2.07. The van der Waals surface area contributed by atoms with E-state index in [-0.39, 0.29) is 23.5 Å². The average molecular weight is 541 g/mol. The monoisotopic (exact) mass is 540 g/mol. The predicted molar refractivity (Wildman–Crippen MR) is 130 cm³/mol. The third-order valence-electron chi connectivity index (χ3n) is 5.31. The second kappa shape index (κ2) is 10.2. The fourth-order valence-corrected chi connectivity index (χ4v) is 4.28. The Balaban J connectivity index is 1.74. The van der Waals surface area contributed by atoms with Crippen molar-refractivity contribution in [2.24, 2.45) is 0 Å². The SMILES string of the molecule is CCOc1cc(/C=C2/C(=O)NC(=O)N(c3ccccc3F)C2=O)cc(Br)c1Cc1ccccc1F. The average Bonchev–Trinajstić information content (AvgIpc) is 2.81. The number of barbiturate groups is 1. The zero-order valence-corrected chi connectivity index (χ0v) is 20.1. The number of amides is 4. The van der Waals surface area contributed by atoms with E-state index in [1.54, 1.807) is 37.3 Å². The molecule has 0 aliphatic carbocycles. The number of nitrogens with zero attached hydrogens (tertiary/aromatic N) is 1. The summed E-state index contributed by atoms with van der Waals surface area (Å²) >= 11 is 3.48. The molecule has 4 rings (SSSR count). The number of carbonyl (C=O) groups excluding carboxylic acids is 3. The van der Waals surface area contributed by atoms with Crippen LogP contribution >= 0.6 is 15.9 Å². The molecule has 1 fully saturated rings. The lowest BCUT2D eigenvalue weighted by molar-refractivity contribution is -0.122. The van der Waals surface area contributed by atoms with E-state index in [0.29, 0.717) is 38.4 Å². The number of imide groups is 2. The predicted octanol–water partition coefficient (Wildman–Crippen LogP) is 5.38. The maximum atomic E-state index is 14.3. The lowest BCUT2D eigenvalue weighted by Gasteiger charge is -2.26. The van der Waals surface area contributed by atoms with E-state index in [9.17, 15) is 23.2 Å². The highest BCUT2D eigenvalue weighted by Crippen LogP contribution is 2.33. The van der Waals surface area contributed by atoms with Crippen molar-refractivity contribution >= 4 is 45.5 Å². The minimum absolute atomic E-state index is 0.244. The molecule has 1 N–H and O–H groups in total. The summed E-state index contributed by atoms with van der Waals surface area (Å²) in [4.78, 5) is 38.5. The number of halogens is 3. The molecule has 0 bridgehead atoms. The van der Waals surface area contributed by atoms with Crippen molar-refractivity contribution in [1.82, 2.24) is 5.32 Å². The fourth-order valence-electron chi connectivity index (χ4n) is 3.68. The Morgan fingerprint density at radius 2 is 1.69 bits per heavy atom. The molecule has 0 aromatic heterocycles. The highest BCUT2D eigenvalue weighted by Gasteiger charge is 2.38. The molecule has 1 aliphatic heterocycles. The third-order valence-corrected chi connectivity index (χ3v) is 6.02. The van der Waals surface area contributed by atoms with Crippen LogP contribution in [0.1, 0.15) is 23.6 Å². The van der Waals surface area contributed by atoms with Crippen LogP contribution in [0.4, 0.5) is 19.3 Å². The second-order valence-corrected chi connectivity index (χ2v) is 8.44. The molecule has 0 radical (unpaired) electrons. The molecule has 0 saturated carbocycles. The second-order valence-electron chi connectivity index (χ2n) is 7.59. The van der Waals surface area contributed by atoms with E-state index in [2.05, 4.69) is 21.2 Å². The summed E-state index contributed by atoms with van der Waals surface area (Å²) in [6.07, 6.45) is 1.53. The van der Waals surface area contributed by atoms with Crippen molar-refractivity contribution in [3.63, 3.8) is 0 Å². The van der Waals surface area contributed by atoms with E-state index < -0.39 is 23.7 Å². The topological polar surface area (TPSA) is 75.7 Å². The molecule has 1 heterocycles. The first kappa shape index (κ1) is 24.3. The van der Waals surface area contributed by atoms with Crippen LogP contribution in [0, 0.1) is 11.6 Å².